The normalized spacial score (nSPS) is 11.2. The molecule has 154 valence electrons. The molecule has 1 N–H and O–H groups in total. The molecule has 7 nitrogen and oxygen atoms in total. The highest BCUT2D eigenvalue weighted by Gasteiger charge is 2.20. The predicted octanol–water partition coefficient (Wildman–Crippen LogP) is 3.45. The van der Waals surface area contributed by atoms with Crippen molar-refractivity contribution in [3.8, 4) is 5.13 Å². The Labute approximate surface area is 178 Å². The van der Waals surface area contributed by atoms with Gasteiger partial charge in [-0.3, -0.25) is 14.2 Å². The maximum absolute atomic E-state index is 12.7. The molecule has 0 bridgehead atoms. The van der Waals surface area contributed by atoms with E-state index in [4.69, 9.17) is 4.74 Å². The monoisotopic (exact) mass is 423 g/mol. The third-order valence-electron chi connectivity index (χ3n) is 4.32. The van der Waals surface area contributed by atoms with E-state index in [1.54, 1.807) is 24.4 Å². The van der Waals surface area contributed by atoms with Crippen LogP contribution in [0.2, 0.25) is 0 Å². The molecule has 0 fully saturated rings. The standard InChI is InChI=1S/C22H21N3O4S/c1-14-11-18(15(2)25(14)22-23-9-10-30-22)20(27)13-29-21(28)19(24-16(3)26)12-17-7-5-4-6-8-17/h4-12H,13H2,1-3H3,(H,24,26)/b19-12-. The number of ketones is 1. The molecule has 1 amide bonds. The van der Waals surface area contributed by atoms with Gasteiger partial charge in [0.2, 0.25) is 11.7 Å². The van der Waals surface area contributed by atoms with Gasteiger partial charge in [-0.25, -0.2) is 9.78 Å². The quantitative estimate of drug-likeness (QED) is 0.357. The maximum Gasteiger partial charge on any atom is 0.355 e. The number of carbonyl (C=O) groups excluding carboxylic acids is 3. The lowest BCUT2D eigenvalue weighted by Crippen LogP contribution is -2.27. The van der Waals surface area contributed by atoms with Crippen LogP contribution >= 0.6 is 11.3 Å². The van der Waals surface area contributed by atoms with Gasteiger partial charge in [0, 0.05) is 35.5 Å². The van der Waals surface area contributed by atoms with E-state index in [1.807, 2.05) is 42.0 Å². The van der Waals surface area contributed by atoms with Crippen LogP contribution in [0.1, 0.15) is 34.2 Å². The molecule has 0 unspecified atom stereocenters. The largest absolute Gasteiger partial charge is 0.453 e. The molecule has 0 spiro atoms. The molecule has 30 heavy (non-hydrogen) atoms. The van der Waals surface area contributed by atoms with Gasteiger partial charge in [0.25, 0.3) is 0 Å². The molecular weight excluding hydrogens is 402 g/mol. The van der Waals surface area contributed by atoms with Crippen LogP contribution in [0.25, 0.3) is 11.2 Å². The second-order valence-corrected chi connectivity index (χ2v) is 7.46. The second kappa shape index (κ2) is 9.32. The lowest BCUT2D eigenvalue weighted by Gasteiger charge is -2.09. The molecular formula is C22H21N3O4S. The van der Waals surface area contributed by atoms with Gasteiger partial charge in [-0.1, -0.05) is 30.3 Å². The number of amides is 1. The number of carbonyl (C=O) groups is 3. The number of thiazole rings is 1. The number of rotatable bonds is 7. The number of hydrogen-bond acceptors (Lipinski definition) is 6. The first-order valence-electron chi connectivity index (χ1n) is 9.20. The summed E-state index contributed by atoms with van der Waals surface area (Å²) in [5, 5.41) is 5.09. The Hall–Kier alpha value is -3.52. The Morgan fingerprint density at radius 1 is 1.20 bits per heavy atom. The van der Waals surface area contributed by atoms with Gasteiger partial charge < -0.3 is 10.1 Å². The summed E-state index contributed by atoms with van der Waals surface area (Å²) in [6.07, 6.45) is 3.20. The summed E-state index contributed by atoms with van der Waals surface area (Å²) in [7, 11) is 0. The summed E-state index contributed by atoms with van der Waals surface area (Å²) in [5.41, 5.74) is 2.74. The Bertz CT molecular complexity index is 1100. The Kier molecular flexibility index (Phi) is 6.58. The first kappa shape index (κ1) is 21.2. The molecule has 2 heterocycles. The molecule has 0 aliphatic heterocycles. The highest BCUT2D eigenvalue weighted by Crippen LogP contribution is 2.22. The highest BCUT2D eigenvalue weighted by atomic mass is 32.1. The minimum Gasteiger partial charge on any atom is -0.453 e. The van der Waals surface area contributed by atoms with E-state index in [1.165, 1.54) is 24.3 Å². The van der Waals surface area contributed by atoms with Gasteiger partial charge in [-0.05, 0) is 31.6 Å². The van der Waals surface area contributed by atoms with Crippen molar-refractivity contribution in [3.05, 3.63) is 76.2 Å². The van der Waals surface area contributed by atoms with Crippen LogP contribution in [-0.2, 0) is 14.3 Å². The van der Waals surface area contributed by atoms with Gasteiger partial charge >= 0.3 is 5.97 Å². The van der Waals surface area contributed by atoms with E-state index < -0.39 is 18.5 Å². The third-order valence-corrected chi connectivity index (χ3v) is 5.07. The van der Waals surface area contributed by atoms with Gasteiger partial charge in [-0.2, -0.15) is 0 Å². The van der Waals surface area contributed by atoms with Crippen LogP contribution in [0.5, 0.6) is 0 Å². The summed E-state index contributed by atoms with van der Waals surface area (Å²) < 4.78 is 7.08. The fourth-order valence-corrected chi connectivity index (χ4v) is 3.76. The van der Waals surface area contributed by atoms with E-state index in [0.29, 0.717) is 5.56 Å². The molecule has 0 atom stereocenters. The Morgan fingerprint density at radius 3 is 2.57 bits per heavy atom. The molecule has 3 rings (SSSR count). The lowest BCUT2D eigenvalue weighted by atomic mass is 10.1. The zero-order valence-corrected chi connectivity index (χ0v) is 17.7. The predicted molar refractivity (Wildman–Crippen MR) is 114 cm³/mol. The number of esters is 1. The van der Waals surface area contributed by atoms with E-state index in [9.17, 15) is 14.4 Å². The fraction of sp³-hybridized carbons (Fsp3) is 0.182. The lowest BCUT2D eigenvalue weighted by molar-refractivity contribution is -0.139. The molecule has 0 radical (unpaired) electrons. The van der Waals surface area contributed by atoms with Crippen LogP contribution < -0.4 is 5.32 Å². The molecule has 1 aromatic carbocycles. The third kappa shape index (κ3) is 4.90. The SMILES string of the molecule is CC(=O)N/C(=C\c1ccccc1)C(=O)OCC(=O)c1cc(C)n(-c2nccs2)c1C. The molecule has 0 saturated heterocycles. The summed E-state index contributed by atoms with van der Waals surface area (Å²) in [4.78, 5) is 40.9. The minimum absolute atomic E-state index is 0.0326. The van der Waals surface area contributed by atoms with Crippen LogP contribution in [0.3, 0.4) is 0 Å². The van der Waals surface area contributed by atoms with Crippen LogP contribution in [-0.4, -0.2) is 33.8 Å². The first-order chi connectivity index (χ1) is 14.4. The second-order valence-electron chi connectivity index (χ2n) is 6.58. The van der Waals surface area contributed by atoms with E-state index in [0.717, 1.165) is 22.1 Å². The average Bonchev–Trinajstić information content (AvgIpc) is 3.33. The van der Waals surface area contributed by atoms with Crippen molar-refractivity contribution in [2.24, 2.45) is 0 Å². The number of hydrogen-bond donors (Lipinski definition) is 1. The van der Waals surface area contributed by atoms with Gasteiger partial charge in [0.05, 0.1) is 0 Å². The van der Waals surface area contributed by atoms with Crippen molar-refractivity contribution in [3.63, 3.8) is 0 Å². The minimum atomic E-state index is -0.781. The van der Waals surface area contributed by atoms with E-state index in [-0.39, 0.29) is 11.5 Å². The van der Waals surface area contributed by atoms with Crippen molar-refractivity contribution in [1.82, 2.24) is 14.9 Å². The zero-order valence-electron chi connectivity index (χ0n) is 16.8. The van der Waals surface area contributed by atoms with Gasteiger partial charge in [0.15, 0.2) is 11.7 Å². The van der Waals surface area contributed by atoms with E-state index in [2.05, 4.69) is 10.3 Å². The van der Waals surface area contributed by atoms with Crippen molar-refractivity contribution in [2.45, 2.75) is 20.8 Å². The van der Waals surface area contributed by atoms with Crippen molar-refractivity contribution < 1.29 is 19.1 Å². The molecule has 0 saturated carbocycles. The van der Waals surface area contributed by atoms with Gasteiger partial charge in [-0.15, -0.1) is 11.3 Å². The summed E-state index contributed by atoms with van der Waals surface area (Å²) in [6.45, 7) is 4.56. The topological polar surface area (TPSA) is 90.3 Å². The Balaban J connectivity index is 1.74. The van der Waals surface area contributed by atoms with Crippen LogP contribution in [0.15, 0.2) is 53.7 Å². The highest BCUT2D eigenvalue weighted by molar-refractivity contribution is 7.12. The van der Waals surface area contributed by atoms with Crippen LogP contribution in [0.4, 0.5) is 0 Å². The summed E-state index contributed by atoms with van der Waals surface area (Å²) in [6, 6.07) is 10.8. The molecule has 8 heteroatoms. The summed E-state index contributed by atoms with van der Waals surface area (Å²) in [5.74, 6) is -1.52. The number of benzene rings is 1. The number of nitrogens with zero attached hydrogens (tertiary/aromatic N) is 2. The van der Waals surface area contributed by atoms with Crippen molar-refractivity contribution in [1.29, 1.82) is 0 Å². The summed E-state index contributed by atoms with van der Waals surface area (Å²) >= 11 is 1.47. The molecule has 0 aliphatic carbocycles. The number of aryl methyl sites for hydroxylation is 1. The average molecular weight is 423 g/mol. The number of ether oxygens (including phenoxy) is 1. The fourth-order valence-electron chi connectivity index (χ4n) is 3.00. The first-order valence-corrected chi connectivity index (χ1v) is 10.1. The molecule has 3 aromatic rings. The number of Topliss-reactive ketones (excluding diaryl/α,β-unsaturated/α-hetero) is 1. The smallest absolute Gasteiger partial charge is 0.355 e. The van der Waals surface area contributed by atoms with Gasteiger partial charge in [0.1, 0.15) is 5.70 Å². The van der Waals surface area contributed by atoms with E-state index >= 15 is 0 Å². The maximum atomic E-state index is 12.7. The van der Waals surface area contributed by atoms with Crippen molar-refractivity contribution >= 4 is 35.1 Å². The Morgan fingerprint density at radius 2 is 1.93 bits per heavy atom. The molecule has 2 aromatic heterocycles. The number of nitrogens with one attached hydrogen (secondary N) is 1. The number of aromatic nitrogens is 2. The van der Waals surface area contributed by atoms with Crippen LogP contribution in [0, 0.1) is 13.8 Å². The molecule has 0 aliphatic rings. The van der Waals surface area contributed by atoms with Crippen molar-refractivity contribution in [2.75, 3.05) is 6.61 Å². The zero-order chi connectivity index (χ0) is 21.7.